The Morgan fingerprint density at radius 3 is 2.29 bits per heavy atom. The van der Waals surface area contributed by atoms with Crippen LogP contribution >= 0.6 is 0 Å². The summed E-state index contributed by atoms with van der Waals surface area (Å²) in [6.45, 7) is 0. The van der Waals surface area contributed by atoms with E-state index < -0.39 is 23.1 Å². The van der Waals surface area contributed by atoms with E-state index in [-0.39, 0.29) is 12.0 Å². The molecule has 0 heterocycles. The van der Waals surface area contributed by atoms with Crippen molar-refractivity contribution >= 4 is 0 Å². The summed E-state index contributed by atoms with van der Waals surface area (Å²) in [7, 11) is 0. The average molecular weight is 202 g/mol. The molecule has 0 amide bonds. The topological polar surface area (TPSA) is 20.2 Å². The molecule has 76 valence electrons. The van der Waals surface area contributed by atoms with Gasteiger partial charge in [0.1, 0.15) is 5.82 Å². The maximum absolute atomic E-state index is 13.1. The first kappa shape index (κ1) is 9.52. The minimum absolute atomic E-state index is 0.150. The highest BCUT2D eigenvalue weighted by Gasteiger charge is 2.41. The summed E-state index contributed by atoms with van der Waals surface area (Å²) in [6.07, 6.45) is 0.882. The van der Waals surface area contributed by atoms with Crippen LogP contribution in [0.2, 0.25) is 0 Å². The predicted molar refractivity (Wildman–Crippen MR) is 44.2 cm³/mol. The molecule has 0 aromatic heterocycles. The Morgan fingerprint density at radius 2 is 1.71 bits per heavy atom. The van der Waals surface area contributed by atoms with Crippen molar-refractivity contribution in [3.05, 3.63) is 35.1 Å². The molecule has 4 heteroatoms. The van der Waals surface area contributed by atoms with Crippen LogP contribution in [-0.2, 0) is 6.42 Å². The zero-order chi connectivity index (χ0) is 10.3. The largest absolute Gasteiger partial charge is 0.390 e. The number of hydrogen-bond acceptors (Lipinski definition) is 1. The third-order valence-electron chi connectivity index (χ3n) is 2.47. The van der Waals surface area contributed by atoms with Gasteiger partial charge in [-0.1, -0.05) is 0 Å². The molecular weight excluding hydrogens is 193 g/mol. The van der Waals surface area contributed by atoms with Crippen molar-refractivity contribution in [2.75, 3.05) is 0 Å². The number of rotatable bonds is 2. The van der Waals surface area contributed by atoms with Crippen molar-refractivity contribution in [2.45, 2.75) is 24.9 Å². The van der Waals surface area contributed by atoms with Crippen LogP contribution in [0.1, 0.15) is 18.4 Å². The normalized spacial score (nSPS) is 18.3. The van der Waals surface area contributed by atoms with E-state index in [9.17, 15) is 18.3 Å². The van der Waals surface area contributed by atoms with E-state index in [0.717, 1.165) is 12.1 Å². The standard InChI is InChI=1S/C10H9F3O/c11-7-1-2-8(12)9(13)6(7)5-10(14)3-4-10/h1-2,14H,3-5H2. The van der Waals surface area contributed by atoms with Crippen LogP contribution in [0.4, 0.5) is 13.2 Å². The fourth-order valence-corrected chi connectivity index (χ4v) is 1.38. The van der Waals surface area contributed by atoms with Gasteiger partial charge in [0.15, 0.2) is 11.6 Å². The summed E-state index contributed by atoms with van der Waals surface area (Å²) in [6, 6.07) is 1.62. The fourth-order valence-electron chi connectivity index (χ4n) is 1.38. The summed E-state index contributed by atoms with van der Waals surface area (Å²) in [5, 5.41) is 9.47. The van der Waals surface area contributed by atoms with Gasteiger partial charge in [-0.3, -0.25) is 0 Å². The third-order valence-corrected chi connectivity index (χ3v) is 2.47. The van der Waals surface area contributed by atoms with Gasteiger partial charge < -0.3 is 5.11 Å². The molecule has 0 saturated heterocycles. The quantitative estimate of drug-likeness (QED) is 0.728. The van der Waals surface area contributed by atoms with E-state index in [1.807, 2.05) is 0 Å². The highest BCUT2D eigenvalue weighted by atomic mass is 19.2. The molecule has 1 aliphatic carbocycles. The van der Waals surface area contributed by atoms with Crippen LogP contribution in [0.15, 0.2) is 12.1 Å². The lowest BCUT2D eigenvalue weighted by Gasteiger charge is -2.09. The van der Waals surface area contributed by atoms with E-state index >= 15 is 0 Å². The lowest BCUT2D eigenvalue weighted by atomic mass is 10.1. The monoisotopic (exact) mass is 202 g/mol. The maximum Gasteiger partial charge on any atom is 0.165 e. The highest BCUT2D eigenvalue weighted by Crippen LogP contribution is 2.39. The van der Waals surface area contributed by atoms with Crippen molar-refractivity contribution in [1.29, 1.82) is 0 Å². The summed E-state index contributed by atoms with van der Waals surface area (Å²) >= 11 is 0. The third kappa shape index (κ3) is 1.62. The molecular formula is C10H9F3O. The second-order valence-corrected chi connectivity index (χ2v) is 3.72. The minimum Gasteiger partial charge on any atom is -0.390 e. The molecule has 0 spiro atoms. The molecule has 1 saturated carbocycles. The van der Waals surface area contributed by atoms with Crippen LogP contribution in [0.25, 0.3) is 0 Å². The second-order valence-electron chi connectivity index (χ2n) is 3.72. The maximum atomic E-state index is 13.1. The van der Waals surface area contributed by atoms with Crippen LogP contribution in [0.5, 0.6) is 0 Å². The van der Waals surface area contributed by atoms with E-state index in [1.165, 1.54) is 0 Å². The lowest BCUT2D eigenvalue weighted by Crippen LogP contribution is -2.14. The SMILES string of the molecule is OC1(Cc2c(F)ccc(F)c2F)CC1. The van der Waals surface area contributed by atoms with Gasteiger partial charge in [-0.25, -0.2) is 13.2 Å². The lowest BCUT2D eigenvalue weighted by molar-refractivity contribution is 0.148. The second kappa shape index (κ2) is 2.98. The minimum atomic E-state index is -1.19. The number of aliphatic hydroxyl groups is 1. The molecule has 1 fully saturated rings. The van der Waals surface area contributed by atoms with Crippen LogP contribution < -0.4 is 0 Å². The number of benzene rings is 1. The summed E-state index contributed by atoms with van der Waals surface area (Å²) in [4.78, 5) is 0. The zero-order valence-electron chi connectivity index (χ0n) is 7.36. The van der Waals surface area contributed by atoms with Crippen LogP contribution in [-0.4, -0.2) is 10.7 Å². The summed E-state index contributed by atoms with van der Waals surface area (Å²) < 4.78 is 38.9. The fraction of sp³-hybridized carbons (Fsp3) is 0.400. The van der Waals surface area contributed by atoms with E-state index in [1.54, 1.807) is 0 Å². The molecule has 0 atom stereocenters. The van der Waals surface area contributed by atoms with Crippen molar-refractivity contribution in [2.24, 2.45) is 0 Å². The molecule has 0 radical (unpaired) electrons. The van der Waals surface area contributed by atoms with Gasteiger partial charge in [-0.15, -0.1) is 0 Å². The van der Waals surface area contributed by atoms with Crippen molar-refractivity contribution in [1.82, 2.24) is 0 Å². The molecule has 2 rings (SSSR count). The first-order valence-corrected chi connectivity index (χ1v) is 4.37. The van der Waals surface area contributed by atoms with Gasteiger partial charge in [-0.2, -0.15) is 0 Å². The van der Waals surface area contributed by atoms with Gasteiger partial charge in [0.05, 0.1) is 5.60 Å². The van der Waals surface area contributed by atoms with Crippen molar-refractivity contribution in [3.8, 4) is 0 Å². The molecule has 1 aliphatic rings. The Kier molecular flexibility index (Phi) is 2.03. The summed E-state index contributed by atoms with van der Waals surface area (Å²) in [5.74, 6) is -3.07. The zero-order valence-corrected chi connectivity index (χ0v) is 7.36. The van der Waals surface area contributed by atoms with Gasteiger partial charge >= 0.3 is 0 Å². The van der Waals surface area contributed by atoms with E-state index in [2.05, 4.69) is 0 Å². The Bertz CT molecular complexity index is 372. The Hall–Kier alpha value is -1.03. The Morgan fingerprint density at radius 1 is 1.14 bits per heavy atom. The Balaban J connectivity index is 2.35. The van der Waals surface area contributed by atoms with E-state index in [4.69, 9.17) is 0 Å². The number of halogens is 3. The molecule has 1 aromatic carbocycles. The van der Waals surface area contributed by atoms with Crippen LogP contribution in [0.3, 0.4) is 0 Å². The molecule has 1 N–H and O–H groups in total. The van der Waals surface area contributed by atoms with Crippen LogP contribution in [0, 0.1) is 17.5 Å². The average Bonchev–Trinajstić information content (AvgIpc) is 2.86. The first-order chi connectivity index (χ1) is 6.52. The molecule has 0 aliphatic heterocycles. The molecule has 1 aromatic rings. The molecule has 0 bridgehead atoms. The predicted octanol–water partition coefficient (Wildman–Crippen LogP) is 2.17. The Labute approximate surface area is 79.2 Å². The molecule has 14 heavy (non-hydrogen) atoms. The van der Waals surface area contributed by atoms with Crippen molar-refractivity contribution in [3.63, 3.8) is 0 Å². The van der Waals surface area contributed by atoms with Crippen molar-refractivity contribution < 1.29 is 18.3 Å². The summed E-state index contributed by atoms with van der Waals surface area (Å²) in [5.41, 5.74) is -1.37. The van der Waals surface area contributed by atoms with Gasteiger partial charge in [-0.05, 0) is 25.0 Å². The van der Waals surface area contributed by atoms with Gasteiger partial charge in [0, 0.05) is 12.0 Å². The smallest absolute Gasteiger partial charge is 0.165 e. The van der Waals surface area contributed by atoms with E-state index in [0.29, 0.717) is 12.8 Å². The van der Waals surface area contributed by atoms with Gasteiger partial charge in [0.2, 0.25) is 0 Å². The molecule has 1 nitrogen and oxygen atoms in total. The number of hydrogen-bond donors (Lipinski definition) is 1. The molecule has 0 unspecified atom stereocenters. The highest BCUT2D eigenvalue weighted by molar-refractivity contribution is 5.24. The van der Waals surface area contributed by atoms with Gasteiger partial charge in [0.25, 0.3) is 0 Å². The first-order valence-electron chi connectivity index (χ1n) is 4.37.